The molecule has 1 N–H and O–H groups in total. The van der Waals surface area contributed by atoms with E-state index >= 15 is 0 Å². The lowest BCUT2D eigenvalue weighted by Crippen LogP contribution is -2.20. The normalized spacial score (nSPS) is 10.2. The van der Waals surface area contributed by atoms with E-state index in [1.54, 1.807) is 12.1 Å². The second-order valence-corrected chi connectivity index (χ2v) is 4.28. The molecule has 104 valence electrons. The van der Waals surface area contributed by atoms with Crippen LogP contribution in [0.15, 0.2) is 42.5 Å². The Kier molecular flexibility index (Phi) is 4.30. The molecule has 0 spiro atoms. The summed E-state index contributed by atoms with van der Waals surface area (Å²) < 4.78 is 31.0. The first-order valence-electron chi connectivity index (χ1n) is 5.99. The summed E-state index contributed by atoms with van der Waals surface area (Å²) in [5.41, 5.74) is 1.64. The van der Waals surface area contributed by atoms with Gasteiger partial charge in [0.25, 0.3) is 5.91 Å². The van der Waals surface area contributed by atoms with Crippen LogP contribution in [0.4, 0.5) is 14.5 Å². The molecule has 2 aromatic rings. The van der Waals surface area contributed by atoms with Gasteiger partial charge < -0.3 is 10.1 Å². The highest BCUT2D eigenvalue weighted by molar-refractivity contribution is 5.91. The molecule has 0 atom stereocenters. The summed E-state index contributed by atoms with van der Waals surface area (Å²) >= 11 is 0. The average Bonchev–Trinajstić information content (AvgIpc) is 2.37. The zero-order chi connectivity index (χ0) is 14.5. The van der Waals surface area contributed by atoms with Crippen molar-refractivity contribution in [3.63, 3.8) is 0 Å². The Morgan fingerprint density at radius 3 is 2.70 bits per heavy atom. The fourth-order valence-corrected chi connectivity index (χ4v) is 1.66. The van der Waals surface area contributed by atoms with Gasteiger partial charge >= 0.3 is 0 Å². The van der Waals surface area contributed by atoms with Gasteiger partial charge in [-0.15, -0.1) is 0 Å². The molecule has 5 heteroatoms. The molecule has 1 amide bonds. The van der Waals surface area contributed by atoms with Gasteiger partial charge in [-0.05, 0) is 36.8 Å². The molecule has 0 bridgehead atoms. The maximum Gasteiger partial charge on any atom is 0.262 e. The first kappa shape index (κ1) is 14.0. The first-order chi connectivity index (χ1) is 9.54. The molecule has 2 aromatic carbocycles. The molecule has 0 aromatic heterocycles. The van der Waals surface area contributed by atoms with E-state index in [1.165, 1.54) is 0 Å². The van der Waals surface area contributed by atoms with Crippen molar-refractivity contribution in [3.8, 4) is 5.75 Å². The van der Waals surface area contributed by atoms with Crippen LogP contribution in [0.5, 0.6) is 5.75 Å². The van der Waals surface area contributed by atoms with E-state index in [4.69, 9.17) is 4.74 Å². The largest absolute Gasteiger partial charge is 0.481 e. The van der Waals surface area contributed by atoms with Crippen molar-refractivity contribution in [2.24, 2.45) is 0 Å². The highest BCUT2D eigenvalue weighted by Crippen LogP contribution is 2.17. The van der Waals surface area contributed by atoms with Crippen molar-refractivity contribution in [1.82, 2.24) is 0 Å². The summed E-state index contributed by atoms with van der Waals surface area (Å²) in [5, 5.41) is 2.62. The fourth-order valence-electron chi connectivity index (χ4n) is 1.66. The maximum atomic E-state index is 13.3. The number of nitrogens with one attached hydrogen (secondary N) is 1. The highest BCUT2D eigenvalue weighted by atomic mass is 19.1. The molecule has 20 heavy (non-hydrogen) atoms. The van der Waals surface area contributed by atoms with E-state index in [0.717, 1.165) is 17.7 Å². The number of carbonyl (C=O) groups is 1. The topological polar surface area (TPSA) is 38.3 Å². The molecule has 2 rings (SSSR count). The minimum Gasteiger partial charge on any atom is -0.481 e. The van der Waals surface area contributed by atoms with Gasteiger partial charge in [-0.1, -0.05) is 12.1 Å². The summed E-state index contributed by atoms with van der Waals surface area (Å²) in [6, 6.07) is 10.2. The molecule has 0 aliphatic rings. The van der Waals surface area contributed by atoms with Crippen molar-refractivity contribution in [2.75, 3.05) is 11.9 Å². The maximum absolute atomic E-state index is 13.3. The zero-order valence-electron chi connectivity index (χ0n) is 10.8. The molecule has 0 fully saturated rings. The summed E-state index contributed by atoms with van der Waals surface area (Å²) in [4.78, 5) is 11.6. The van der Waals surface area contributed by atoms with Crippen LogP contribution in [0.1, 0.15) is 5.56 Å². The molecular formula is C15H13F2NO2. The van der Waals surface area contributed by atoms with Gasteiger partial charge in [-0.3, -0.25) is 4.79 Å². The van der Waals surface area contributed by atoms with Crippen LogP contribution in [-0.4, -0.2) is 12.5 Å². The smallest absolute Gasteiger partial charge is 0.262 e. The van der Waals surface area contributed by atoms with E-state index in [0.29, 0.717) is 11.8 Å². The molecule has 0 aliphatic heterocycles. The Labute approximate surface area is 115 Å². The molecule has 0 aliphatic carbocycles. The number of aryl methyl sites for hydroxylation is 1. The van der Waals surface area contributed by atoms with Gasteiger partial charge in [0, 0.05) is 11.8 Å². The zero-order valence-corrected chi connectivity index (χ0v) is 10.8. The van der Waals surface area contributed by atoms with Gasteiger partial charge in [-0.25, -0.2) is 8.78 Å². The lowest BCUT2D eigenvalue weighted by molar-refractivity contribution is -0.118. The number of halogens is 2. The van der Waals surface area contributed by atoms with Gasteiger partial charge in [-0.2, -0.15) is 0 Å². The van der Waals surface area contributed by atoms with E-state index in [2.05, 4.69) is 5.32 Å². The Hall–Kier alpha value is -2.43. The van der Waals surface area contributed by atoms with Crippen LogP contribution in [0.3, 0.4) is 0 Å². The second-order valence-electron chi connectivity index (χ2n) is 4.28. The lowest BCUT2D eigenvalue weighted by Gasteiger charge is -2.08. The number of hydrogen-bond donors (Lipinski definition) is 1. The average molecular weight is 277 g/mol. The highest BCUT2D eigenvalue weighted by Gasteiger charge is 2.08. The Morgan fingerprint density at radius 1 is 1.20 bits per heavy atom. The van der Waals surface area contributed by atoms with Crippen molar-refractivity contribution in [2.45, 2.75) is 6.92 Å². The summed E-state index contributed by atoms with van der Waals surface area (Å²) in [7, 11) is 0. The van der Waals surface area contributed by atoms with Crippen LogP contribution in [0, 0.1) is 18.6 Å². The molecule has 0 saturated carbocycles. The third-order valence-electron chi connectivity index (χ3n) is 2.55. The quantitative estimate of drug-likeness (QED) is 0.931. The Morgan fingerprint density at radius 2 is 2.00 bits per heavy atom. The van der Waals surface area contributed by atoms with Crippen molar-refractivity contribution >= 4 is 11.6 Å². The first-order valence-corrected chi connectivity index (χ1v) is 5.99. The third-order valence-corrected chi connectivity index (χ3v) is 2.55. The number of rotatable bonds is 4. The van der Waals surface area contributed by atoms with E-state index in [-0.39, 0.29) is 12.4 Å². The van der Waals surface area contributed by atoms with Crippen molar-refractivity contribution < 1.29 is 18.3 Å². The number of benzene rings is 2. The van der Waals surface area contributed by atoms with Gasteiger partial charge in [0.15, 0.2) is 18.2 Å². The predicted molar refractivity (Wildman–Crippen MR) is 71.7 cm³/mol. The van der Waals surface area contributed by atoms with Crippen LogP contribution in [0.25, 0.3) is 0 Å². The number of carbonyl (C=O) groups excluding carboxylic acids is 1. The predicted octanol–water partition coefficient (Wildman–Crippen LogP) is 3.29. The van der Waals surface area contributed by atoms with E-state index < -0.39 is 17.5 Å². The number of hydrogen-bond acceptors (Lipinski definition) is 2. The fraction of sp³-hybridized carbons (Fsp3) is 0.133. The lowest BCUT2D eigenvalue weighted by atomic mass is 10.2. The molecule has 0 unspecified atom stereocenters. The minimum atomic E-state index is -0.839. The van der Waals surface area contributed by atoms with Crippen LogP contribution >= 0.6 is 0 Å². The third kappa shape index (κ3) is 3.78. The Bertz CT molecular complexity index is 629. The summed E-state index contributed by atoms with van der Waals surface area (Å²) in [5.74, 6) is -2.11. The monoisotopic (exact) mass is 277 g/mol. The van der Waals surface area contributed by atoms with Crippen LogP contribution in [-0.2, 0) is 4.79 Å². The SMILES string of the molecule is Cc1cccc(NC(=O)COc2ccc(F)cc2F)c1. The van der Waals surface area contributed by atoms with Crippen LogP contribution < -0.4 is 10.1 Å². The summed E-state index contributed by atoms with van der Waals surface area (Å²) in [6.07, 6.45) is 0. The van der Waals surface area contributed by atoms with Gasteiger partial charge in [0.05, 0.1) is 0 Å². The van der Waals surface area contributed by atoms with E-state index in [9.17, 15) is 13.6 Å². The molecular weight excluding hydrogens is 264 g/mol. The van der Waals surface area contributed by atoms with Crippen LogP contribution in [0.2, 0.25) is 0 Å². The molecule has 3 nitrogen and oxygen atoms in total. The van der Waals surface area contributed by atoms with Crippen molar-refractivity contribution in [3.05, 3.63) is 59.7 Å². The summed E-state index contributed by atoms with van der Waals surface area (Å²) in [6.45, 7) is 1.55. The molecule has 0 radical (unpaired) electrons. The number of amides is 1. The molecule has 0 heterocycles. The minimum absolute atomic E-state index is 0.161. The standard InChI is InChI=1S/C15H13F2NO2/c1-10-3-2-4-12(7-10)18-15(19)9-20-14-6-5-11(16)8-13(14)17/h2-8H,9H2,1H3,(H,18,19). The molecule has 0 saturated heterocycles. The second kappa shape index (κ2) is 6.14. The Balaban J connectivity index is 1.92. The van der Waals surface area contributed by atoms with Gasteiger partial charge in [0.2, 0.25) is 0 Å². The van der Waals surface area contributed by atoms with Crippen molar-refractivity contribution in [1.29, 1.82) is 0 Å². The number of anilines is 1. The number of ether oxygens (including phenoxy) is 1. The van der Waals surface area contributed by atoms with Gasteiger partial charge in [0.1, 0.15) is 5.82 Å². The van der Waals surface area contributed by atoms with E-state index in [1.807, 2.05) is 19.1 Å².